The molecule has 1 aromatic carbocycles. The van der Waals surface area contributed by atoms with Crippen molar-refractivity contribution in [1.82, 2.24) is 0 Å². The van der Waals surface area contributed by atoms with Crippen LogP contribution in [-0.4, -0.2) is 12.3 Å². The van der Waals surface area contributed by atoms with Crippen LogP contribution < -0.4 is 10.1 Å². The molecule has 23 heavy (non-hydrogen) atoms. The van der Waals surface area contributed by atoms with Gasteiger partial charge in [-0.05, 0) is 37.5 Å². The van der Waals surface area contributed by atoms with Crippen LogP contribution in [0.3, 0.4) is 0 Å². The Kier molecular flexibility index (Phi) is 4.57. The Hall–Kier alpha value is -1.25. The summed E-state index contributed by atoms with van der Waals surface area (Å²) in [6.07, 6.45) is 5.32. The van der Waals surface area contributed by atoms with Gasteiger partial charge in [-0.3, -0.25) is 4.57 Å². The van der Waals surface area contributed by atoms with Gasteiger partial charge in [0.15, 0.2) is 0 Å². The third-order valence-corrected chi connectivity index (χ3v) is 7.45. The summed E-state index contributed by atoms with van der Waals surface area (Å²) >= 11 is 5.92. The number of rotatable bonds is 3. The highest BCUT2D eigenvalue weighted by Crippen LogP contribution is 2.53. The van der Waals surface area contributed by atoms with Crippen molar-refractivity contribution in [2.75, 3.05) is 6.66 Å². The van der Waals surface area contributed by atoms with Crippen LogP contribution in [0.4, 0.5) is 0 Å². The van der Waals surface area contributed by atoms with E-state index in [0.717, 1.165) is 31.1 Å². The standard InChI is InChI=1S/C17H20ClO4P/c1-11-14-9-8-12(10-15(14)21-17(19)16(11)18)22-23(2,20)13-6-4-3-5-7-13/h8-10,13H,3-7H2,1-2H3. The first-order valence-electron chi connectivity index (χ1n) is 7.88. The van der Waals surface area contributed by atoms with E-state index in [-0.39, 0.29) is 10.7 Å². The number of halogens is 1. The van der Waals surface area contributed by atoms with Crippen molar-refractivity contribution in [3.8, 4) is 5.75 Å². The van der Waals surface area contributed by atoms with Crippen LogP contribution in [0.15, 0.2) is 27.4 Å². The molecule has 1 aromatic heterocycles. The molecule has 1 aliphatic rings. The van der Waals surface area contributed by atoms with Crippen molar-refractivity contribution < 1.29 is 13.5 Å². The van der Waals surface area contributed by atoms with Crippen LogP contribution in [0.1, 0.15) is 37.7 Å². The average molecular weight is 355 g/mol. The zero-order valence-electron chi connectivity index (χ0n) is 13.3. The summed E-state index contributed by atoms with van der Waals surface area (Å²) < 4.78 is 24.0. The summed E-state index contributed by atoms with van der Waals surface area (Å²) in [5, 5.41) is 0.847. The summed E-state index contributed by atoms with van der Waals surface area (Å²) in [7, 11) is -2.75. The highest BCUT2D eigenvalue weighted by molar-refractivity contribution is 7.59. The van der Waals surface area contributed by atoms with Crippen LogP contribution in [0.25, 0.3) is 11.0 Å². The maximum Gasteiger partial charge on any atom is 0.355 e. The quantitative estimate of drug-likeness (QED) is 0.549. The van der Waals surface area contributed by atoms with Gasteiger partial charge in [0.1, 0.15) is 16.4 Å². The Balaban J connectivity index is 1.93. The van der Waals surface area contributed by atoms with Crippen molar-refractivity contribution in [2.45, 2.75) is 44.7 Å². The first kappa shape index (κ1) is 16.6. The maximum atomic E-state index is 12.9. The molecule has 1 unspecified atom stereocenters. The lowest BCUT2D eigenvalue weighted by Gasteiger charge is -2.28. The number of aryl methyl sites for hydroxylation is 1. The molecule has 2 aromatic rings. The van der Waals surface area contributed by atoms with Gasteiger partial charge in [0.2, 0.25) is 7.37 Å². The van der Waals surface area contributed by atoms with Gasteiger partial charge >= 0.3 is 5.63 Å². The minimum atomic E-state index is -2.75. The zero-order chi connectivity index (χ0) is 16.6. The summed E-state index contributed by atoms with van der Waals surface area (Å²) in [6, 6.07) is 5.17. The molecule has 0 saturated heterocycles. The number of benzene rings is 1. The number of hydrogen-bond acceptors (Lipinski definition) is 4. The van der Waals surface area contributed by atoms with Gasteiger partial charge < -0.3 is 8.94 Å². The molecule has 0 N–H and O–H groups in total. The molecule has 1 fully saturated rings. The van der Waals surface area contributed by atoms with E-state index in [1.807, 2.05) is 0 Å². The lowest BCUT2D eigenvalue weighted by molar-refractivity contribution is 0.430. The van der Waals surface area contributed by atoms with Gasteiger partial charge in [0.25, 0.3) is 0 Å². The van der Waals surface area contributed by atoms with Crippen molar-refractivity contribution in [3.05, 3.63) is 39.2 Å². The fraction of sp³-hybridized carbons (Fsp3) is 0.471. The van der Waals surface area contributed by atoms with Crippen LogP contribution in [0.2, 0.25) is 5.02 Å². The van der Waals surface area contributed by atoms with Crippen molar-refractivity contribution in [2.24, 2.45) is 0 Å². The molecule has 0 bridgehead atoms. The smallest absolute Gasteiger partial charge is 0.355 e. The number of fused-ring (bicyclic) bond motifs is 1. The Labute approximate surface area is 140 Å². The van der Waals surface area contributed by atoms with Crippen LogP contribution in [-0.2, 0) is 4.57 Å². The highest BCUT2D eigenvalue weighted by atomic mass is 35.5. The molecule has 1 heterocycles. The average Bonchev–Trinajstić information content (AvgIpc) is 2.53. The lowest BCUT2D eigenvalue weighted by Crippen LogP contribution is -2.15. The van der Waals surface area contributed by atoms with Gasteiger partial charge in [-0.15, -0.1) is 0 Å². The summed E-state index contributed by atoms with van der Waals surface area (Å²) in [4.78, 5) is 11.7. The highest BCUT2D eigenvalue weighted by Gasteiger charge is 2.31. The van der Waals surface area contributed by atoms with E-state index in [1.165, 1.54) is 6.42 Å². The van der Waals surface area contributed by atoms with E-state index in [1.54, 1.807) is 31.8 Å². The maximum absolute atomic E-state index is 12.9. The van der Waals surface area contributed by atoms with Crippen LogP contribution in [0, 0.1) is 6.92 Å². The van der Waals surface area contributed by atoms with E-state index < -0.39 is 13.0 Å². The molecule has 0 amide bonds. The second-order valence-electron chi connectivity index (χ2n) is 6.28. The Bertz CT molecular complexity index is 836. The van der Waals surface area contributed by atoms with Crippen LogP contribution >= 0.6 is 19.0 Å². The predicted molar refractivity (Wildman–Crippen MR) is 93.3 cm³/mol. The summed E-state index contributed by atoms with van der Waals surface area (Å²) in [5.74, 6) is 0.471. The van der Waals surface area contributed by atoms with E-state index in [9.17, 15) is 9.36 Å². The second kappa shape index (κ2) is 6.33. The van der Waals surface area contributed by atoms with E-state index in [2.05, 4.69) is 0 Å². The van der Waals surface area contributed by atoms with Gasteiger partial charge in [0.05, 0.1) is 0 Å². The van der Waals surface area contributed by atoms with E-state index in [4.69, 9.17) is 20.5 Å². The van der Waals surface area contributed by atoms with Crippen molar-refractivity contribution in [1.29, 1.82) is 0 Å². The largest absolute Gasteiger partial charge is 0.443 e. The molecule has 0 aliphatic heterocycles. The molecule has 0 spiro atoms. The van der Waals surface area contributed by atoms with Crippen molar-refractivity contribution in [3.63, 3.8) is 0 Å². The van der Waals surface area contributed by atoms with Gasteiger partial charge in [-0.2, -0.15) is 0 Å². The lowest BCUT2D eigenvalue weighted by atomic mass is 10.0. The Morgan fingerprint density at radius 2 is 1.96 bits per heavy atom. The molecule has 0 radical (unpaired) electrons. The minimum absolute atomic E-state index is 0.0922. The molecule has 6 heteroatoms. The van der Waals surface area contributed by atoms with E-state index in [0.29, 0.717) is 16.9 Å². The Morgan fingerprint density at radius 3 is 2.65 bits per heavy atom. The molecule has 4 nitrogen and oxygen atoms in total. The monoisotopic (exact) mass is 354 g/mol. The fourth-order valence-electron chi connectivity index (χ4n) is 3.20. The van der Waals surface area contributed by atoms with Crippen molar-refractivity contribution >= 4 is 29.9 Å². The first-order chi connectivity index (χ1) is 10.9. The van der Waals surface area contributed by atoms with E-state index >= 15 is 0 Å². The third-order valence-electron chi connectivity index (χ3n) is 4.59. The first-order valence-corrected chi connectivity index (χ1v) is 10.4. The molecule has 3 rings (SSSR count). The second-order valence-corrected chi connectivity index (χ2v) is 9.39. The topological polar surface area (TPSA) is 56.5 Å². The summed E-state index contributed by atoms with van der Waals surface area (Å²) in [6.45, 7) is 3.48. The van der Waals surface area contributed by atoms with Gasteiger partial charge in [0, 0.05) is 23.8 Å². The SMILES string of the molecule is Cc1c(Cl)c(=O)oc2cc(OP(C)(=O)C3CCCCC3)ccc12. The van der Waals surface area contributed by atoms with Crippen LogP contribution in [0.5, 0.6) is 5.75 Å². The third kappa shape index (κ3) is 3.34. The fourth-order valence-corrected chi connectivity index (χ4v) is 5.33. The molecular formula is C17H20ClO4P. The normalized spacial score (nSPS) is 18.7. The molecule has 1 saturated carbocycles. The molecular weight excluding hydrogens is 335 g/mol. The van der Waals surface area contributed by atoms with Gasteiger partial charge in [-0.25, -0.2) is 4.79 Å². The van der Waals surface area contributed by atoms with Gasteiger partial charge in [-0.1, -0.05) is 30.9 Å². The Morgan fingerprint density at radius 1 is 1.26 bits per heavy atom. The zero-order valence-corrected chi connectivity index (χ0v) is 15.0. The predicted octanol–water partition coefficient (Wildman–Crippen LogP) is 5.37. The molecule has 1 atom stereocenters. The molecule has 124 valence electrons. The minimum Gasteiger partial charge on any atom is -0.443 e. The number of hydrogen-bond donors (Lipinski definition) is 0. The summed E-state index contributed by atoms with van der Waals surface area (Å²) in [5.41, 5.74) is 0.626. The molecule has 1 aliphatic carbocycles.